The molecule has 3 rings (SSSR count). The van der Waals surface area contributed by atoms with Crippen LogP contribution in [0.2, 0.25) is 0 Å². The third-order valence-electron chi connectivity index (χ3n) is 4.81. The number of hydrogen-bond donors (Lipinski definition) is 1. The molecule has 1 amide bonds. The minimum atomic E-state index is 0.00409. The van der Waals surface area contributed by atoms with Crippen molar-refractivity contribution in [1.29, 1.82) is 0 Å². The van der Waals surface area contributed by atoms with Crippen molar-refractivity contribution in [2.24, 2.45) is 0 Å². The summed E-state index contributed by atoms with van der Waals surface area (Å²) >= 11 is 0. The topological polar surface area (TPSA) is 75.9 Å². The Bertz CT molecular complexity index is 711. The van der Waals surface area contributed by atoms with E-state index in [1.54, 1.807) is 12.4 Å². The van der Waals surface area contributed by atoms with Gasteiger partial charge in [-0.2, -0.15) is 0 Å². The number of imidazole rings is 1. The maximum absolute atomic E-state index is 12.8. The first-order valence-corrected chi connectivity index (χ1v) is 9.59. The SMILES string of the molecule is CCCCn1ccnc1[C@@H]1CCCN(C(=O)c2cnc(NCC)nc2)C1. The lowest BCUT2D eigenvalue weighted by atomic mass is 9.96. The second-order valence-electron chi connectivity index (χ2n) is 6.75. The molecule has 0 saturated carbocycles. The maximum Gasteiger partial charge on any atom is 0.257 e. The summed E-state index contributed by atoms with van der Waals surface area (Å²) in [7, 11) is 0. The van der Waals surface area contributed by atoms with Crippen molar-refractivity contribution < 1.29 is 4.79 Å². The Labute approximate surface area is 154 Å². The molecule has 7 nitrogen and oxygen atoms in total. The molecule has 0 aromatic carbocycles. The van der Waals surface area contributed by atoms with Crippen molar-refractivity contribution in [3.63, 3.8) is 0 Å². The monoisotopic (exact) mass is 356 g/mol. The minimum absolute atomic E-state index is 0.00409. The standard InChI is InChI=1S/C19H28N6O/c1-3-5-9-24-11-8-21-17(24)15-7-6-10-25(14-15)18(26)16-12-22-19(20-4-2)23-13-16/h8,11-13,15H,3-7,9-10,14H2,1-2H3,(H,20,22,23)/t15-/m1/s1. The van der Waals surface area contributed by atoms with Gasteiger partial charge in [-0.25, -0.2) is 15.0 Å². The number of nitrogens with one attached hydrogen (secondary N) is 1. The Morgan fingerprint density at radius 2 is 2.08 bits per heavy atom. The molecule has 2 aromatic rings. The number of nitrogens with zero attached hydrogens (tertiary/aromatic N) is 5. The van der Waals surface area contributed by atoms with Crippen LogP contribution in [0.5, 0.6) is 0 Å². The number of piperidine rings is 1. The van der Waals surface area contributed by atoms with Crippen molar-refractivity contribution in [2.45, 2.75) is 52.0 Å². The van der Waals surface area contributed by atoms with Crippen molar-refractivity contribution in [2.75, 3.05) is 25.0 Å². The number of carbonyl (C=O) groups is 1. The average Bonchev–Trinajstić information content (AvgIpc) is 3.15. The van der Waals surface area contributed by atoms with E-state index in [0.717, 1.165) is 51.1 Å². The molecule has 1 fully saturated rings. The number of unbranched alkanes of at least 4 members (excludes halogenated alkanes) is 1. The van der Waals surface area contributed by atoms with E-state index in [2.05, 4.69) is 38.0 Å². The van der Waals surface area contributed by atoms with Crippen LogP contribution in [0.4, 0.5) is 5.95 Å². The van der Waals surface area contributed by atoms with Gasteiger partial charge in [0.1, 0.15) is 5.82 Å². The molecule has 1 atom stereocenters. The summed E-state index contributed by atoms with van der Waals surface area (Å²) in [5, 5.41) is 3.04. The summed E-state index contributed by atoms with van der Waals surface area (Å²) in [5.74, 6) is 1.96. The van der Waals surface area contributed by atoms with Crippen LogP contribution in [0.1, 0.15) is 61.6 Å². The zero-order valence-electron chi connectivity index (χ0n) is 15.7. The normalized spacial score (nSPS) is 17.3. The summed E-state index contributed by atoms with van der Waals surface area (Å²) < 4.78 is 2.25. The lowest BCUT2D eigenvalue weighted by Gasteiger charge is -2.32. The van der Waals surface area contributed by atoms with Crippen LogP contribution >= 0.6 is 0 Å². The Hall–Kier alpha value is -2.44. The predicted octanol–water partition coefficient (Wildman–Crippen LogP) is 2.92. The molecule has 3 heterocycles. The molecule has 0 radical (unpaired) electrons. The van der Waals surface area contributed by atoms with Gasteiger partial charge in [0.2, 0.25) is 5.95 Å². The van der Waals surface area contributed by atoms with Gasteiger partial charge in [0.25, 0.3) is 5.91 Å². The zero-order chi connectivity index (χ0) is 18.4. The van der Waals surface area contributed by atoms with Gasteiger partial charge < -0.3 is 14.8 Å². The summed E-state index contributed by atoms with van der Waals surface area (Å²) in [6.07, 6.45) is 11.5. The first kappa shape index (κ1) is 18.4. The Morgan fingerprint density at radius 1 is 1.27 bits per heavy atom. The van der Waals surface area contributed by atoms with E-state index in [0.29, 0.717) is 24.0 Å². The largest absolute Gasteiger partial charge is 0.355 e. The van der Waals surface area contributed by atoms with Gasteiger partial charge >= 0.3 is 0 Å². The molecule has 1 N–H and O–H groups in total. The molecule has 0 bridgehead atoms. The molecule has 26 heavy (non-hydrogen) atoms. The molecule has 0 unspecified atom stereocenters. The van der Waals surface area contributed by atoms with Crippen LogP contribution in [0, 0.1) is 0 Å². The lowest BCUT2D eigenvalue weighted by Crippen LogP contribution is -2.39. The summed E-state index contributed by atoms with van der Waals surface area (Å²) in [6, 6.07) is 0. The van der Waals surface area contributed by atoms with Crippen molar-refractivity contribution in [3.05, 3.63) is 36.2 Å². The summed E-state index contributed by atoms with van der Waals surface area (Å²) in [4.78, 5) is 27.8. The van der Waals surface area contributed by atoms with E-state index < -0.39 is 0 Å². The molecular formula is C19H28N6O. The quantitative estimate of drug-likeness (QED) is 0.825. The molecule has 1 aliphatic rings. The van der Waals surface area contributed by atoms with Gasteiger partial charge in [-0.1, -0.05) is 13.3 Å². The lowest BCUT2D eigenvalue weighted by molar-refractivity contribution is 0.0702. The second kappa shape index (κ2) is 8.78. The van der Waals surface area contributed by atoms with E-state index in [-0.39, 0.29) is 5.91 Å². The van der Waals surface area contributed by atoms with Crippen LogP contribution in [0.25, 0.3) is 0 Å². The summed E-state index contributed by atoms with van der Waals surface area (Å²) in [5.41, 5.74) is 0.543. The molecular weight excluding hydrogens is 328 g/mol. The van der Waals surface area contributed by atoms with Crippen molar-refractivity contribution in [1.82, 2.24) is 24.4 Å². The smallest absolute Gasteiger partial charge is 0.257 e. The Kier molecular flexibility index (Phi) is 6.20. The van der Waals surface area contributed by atoms with Gasteiger partial charge in [-0.15, -0.1) is 0 Å². The number of rotatable bonds is 7. The van der Waals surface area contributed by atoms with Crippen molar-refractivity contribution >= 4 is 11.9 Å². The number of anilines is 1. The van der Waals surface area contributed by atoms with Crippen molar-refractivity contribution in [3.8, 4) is 0 Å². The maximum atomic E-state index is 12.8. The molecule has 0 spiro atoms. The fourth-order valence-corrected chi connectivity index (χ4v) is 3.44. The number of aromatic nitrogens is 4. The molecule has 1 saturated heterocycles. The Morgan fingerprint density at radius 3 is 2.81 bits per heavy atom. The third kappa shape index (κ3) is 4.20. The van der Waals surface area contributed by atoms with Gasteiger partial charge in [-0.3, -0.25) is 4.79 Å². The molecule has 140 valence electrons. The fourth-order valence-electron chi connectivity index (χ4n) is 3.44. The van der Waals surface area contributed by atoms with E-state index in [1.165, 1.54) is 0 Å². The van der Waals surface area contributed by atoms with Crippen LogP contribution in [-0.4, -0.2) is 50.0 Å². The highest BCUT2D eigenvalue weighted by molar-refractivity contribution is 5.93. The number of carbonyl (C=O) groups excluding carboxylic acids is 1. The van der Waals surface area contributed by atoms with E-state index >= 15 is 0 Å². The molecule has 2 aromatic heterocycles. The minimum Gasteiger partial charge on any atom is -0.355 e. The van der Waals surface area contributed by atoms with Gasteiger partial charge in [-0.05, 0) is 26.2 Å². The molecule has 7 heteroatoms. The van der Waals surface area contributed by atoms with Crippen LogP contribution in [0.15, 0.2) is 24.8 Å². The number of aryl methyl sites for hydroxylation is 1. The first-order chi connectivity index (χ1) is 12.7. The van der Waals surface area contributed by atoms with Crippen LogP contribution in [-0.2, 0) is 6.54 Å². The van der Waals surface area contributed by atoms with Gasteiger partial charge in [0, 0.05) is 56.9 Å². The number of likely N-dealkylation sites (tertiary alicyclic amines) is 1. The zero-order valence-corrected chi connectivity index (χ0v) is 15.7. The van der Waals surface area contributed by atoms with Crippen LogP contribution < -0.4 is 5.32 Å². The Balaban J connectivity index is 1.68. The predicted molar refractivity (Wildman–Crippen MR) is 101 cm³/mol. The van der Waals surface area contributed by atoms with E-state index in [9.17, 15) is 4.79 Å². The average molecular weight is 356 g/mol. The summed E-state index contributed by atoms with van der Waals surface area (Å²) in [6.45, 7) is 7.42. The highest BCUT2D eigenvalue weighted by Crippen LogP contribution is 2.27. The fraction of sp³-hybridized carbons (Fsp3) is 0.579. The van der Waals surface area contributed by atoms with Gasteiger partial charge in [0.05, 0.1) is 5.56 Å². The van der Waals surface area contributed by atoms with Gasteiger partial charge in [0.15, 0.2) is 0 Å². The van der Waals surface area contributed by atoms with E-state index in [4.69, 9.17) is 0 Å². The third-order valence-corrected chi connectivity index (χ3v) is 4.81. The number of hydrogen-bond acceptors (Lipinski definition) is 5. The van der Waals surface area contributed by atoms with E-state index in [1.807, 2.05) is 18.0 Å². The first-order valence-electron chi connectivity index (χ1n) is 9.59. The highest BCUT2D eigenvalue weighted by Gasteiger charge is 2.28. The molecule has 0 aliphatic carbocycles. The number of amides is 1. The highest BCUT2D eigenvalue weighted by atomic mass is 16.2. The molecule has 1 aliphatic heterocycles. The second-order valence-corrected chi connectivity index (χ2v) is 6.75. The van der Waals surface area contributed by atoms with Crippen LogP contribution in [0.3, 0.4) is 0 Å².